The number of halogens is 1. The summed E-state index contributed by atoms with van der Waals surface area (Å²) in [6.45, 7) is 4.85. The van der Waals surface area contributed by atoms with Gasteiger partial charge in [0.25, 0.3) is 0 Å². The van der Waals surface area contributed by atoms with Gasteiger partial charge < -0.3 is 9.84 Å². The van der Waals surface area contributed by atoms with E-state index in [2.05, 4.69) is 29.8 Å². The van der Waals surface area contributed by atoms with Gasteiger partial charge in [-0.15, -0.1) is 0 Å². The predicted octanol–water partition coefficient (Wildman–Crippen LogP) is 2.98. The molecule has 78 valence electrons. The fourth-order valence-electron chi connectivity index (χ4n) is 1.09. The van der Waals surface area contributed by atoms with E-state index in [0.717, 1.165) is 15.8 Å². The summed E-state index contributed by atoms with van der Waals surface area (Å²) in [5.41, 5.74) is 0.819. The van der Waals surface area contributed by atoms with Gasteiger partial charge >= 0.3 is 0 Å². The van der Waals surface area contributed by atoms with E-state index in [4.69, 9.17) is 9.84 Å². The molecular formula is C11H15BrO2. The van der Waals surface area contributed by atoms with Crippen LogP contribution in [-0.4, -0.2) is 11.7 Å². The summed E-state index contributed by atoms with van der Waals surface area (Å²) >= 11 is 3.40. The van der Waals surface area contributed by atoms with Crippen molar-refractivity contribution in [3.05, 3.63) is 28.2 Å². The normalized spacial score (nSPS) is 10.6. The number of hydrogen-bond acceptors (Lipinski definition) is 2. The highest BCUT2D eigenvalue weighted by Crippen LogP contribution is 2.29. The molecule has 0 bridgehead atoms. The Kier molecular flexibility index (Phi) is 4.42. The van der Waals surface area contributed by atoms with Crippen molar-refractivity contribution in [2.75, 3.05) is 6.61 Å². The van der Waals surface area contributed by atoms with Gasteiger partial charge in [-0.25, -0.2) is 0 Å². The van der Waals surface area contributed by atoms with Crippen molar-refractivity contribution < 1.29 is 9.84 Å². The Labute approximate surface area is 93.0 Å². The van der Waals surface area contributed by atoms with Crippen LogP contribution in [0.15, 0.2) is 22.7 Å². The average molecular weight is 259 g/mol. The molecule has 0 aliphatic heterocycles. The zero-order valence-electron chi connectivity index (χ0n) is 8.46. The van der Waals surface area contributed by atoms with Gasteiger partial charge in [0.1, 0.15) is 5.75 Å². The first-order chi connectivity index (χ1) is 6.65. The smallest absolute Gasteiger partial charge is 0.138 e. The van der Waals surface area contributed by atoms with Crippen LogP contribution in [0.4, 0.5) is 0 Å². The van der Waals surface area contributed by atoms with Crippen LogP contribution >= 0.6 is 15.9 Å². The molecule has 0 radical (unpaired) electrons. The molecule has 0 spiro atoms. The van der Waals surface area contributed by atoms with Gasteiger partial charge in [-0.1, -0.05) is 26.0 Å². The number of hydrogen-bond donors (Lipinski definition) is 1. The summed E-state index contributed by atoms with van der Waals surface area (Å²) in [7, 11) is 0. The molecule has 0 aliphatic carbocycles. The third kappa shape index (κ3) is 3.00. The van der Waals surface area contributed by atoms with Crippen LogP contribution in [0.1, 0.15) is 19.4 Å². The van der Waals surface area contributed by atoms with Crippen molar-refractivity contribution in [3.63, 3.8) is 0 Å². The minimum atomic E-state index is 0.00681. The van der Waals surface area contributed by atoms with Gasteiger partial charge in [0.15, 0.2) is 0 Å². The van der Waals surface area contributed by atoms with Crippen LogP contribution in [0.2, 0.25) is 0 Å². The van der Waals surface area contributed by atoms with Crippen molar-refractivity contribution in [3.8, 4) is 5.75 Å². The topological polar surface area (TPSA) is 29.5 Å². The fourth-order valence-corrected chi connectivity index (χ4v) is 1.61. The van der Waals surface area contributed by atoms with Crippen molar-refractivity contribution in [1.29, 1.82) is 0 Å². The van der Waals surface area contributed by atoms with Crippen LogP contribution in [0.3, 0.4) is 0 Å². The molecule has 1 aromatic rings. The van der Waals surface area contributed by atoms with Gasteiger partial charge in [-0.2, -0.15) is 0 Å². The minimum Gasteiger partial charge on any atom is -0.492 e. The average Bonchev–Trinajstić information content (AvgIpc) is 2.15. The second kappa shape index (κ2) is 5.37. The first-order valence-electron chi connectivity index (χ1n) is 4.66. The SMILES string of the molecule is CC(C)COc1c(Br)cccc1CO. The molecule has 0 amide bonds. The predicted molar refractivity (Wildman–Crippen MR) is 60.4 cm³/mol. The Morgan fingerprint density at radius 2 is 2.14 bits per heavy atom. The summed E-state index contributed by atoms with van der Waals surface area (Å²) in [6, 6.07) is 5.66. The van der Waals surface area contributed by atoms with Crippen LogP contribution in [0.5, 0.6) is 5.75 Å². The van der Waals surface area contributed by atoms with Crippen LogP contribution in [0, 0.1) is 5.92 Å². The van der Waals surface area contributed by atoms with Crippen molar-refractivity contribution in [1.82, 2.24) is 0 Å². The molecule has 0 aliphatic rings. The number of benzene rings is 1. The summed E-state index contributed by atoms with van der Waals surface area (Å²) in [4.78, 5) is 0. The van der Waals surface area contributed by atoms with E-state index in [1.54, 1.807) is 0 Å². The lowest BCUT2D eigenvalue weighted by atomic mass is 10.2. The molecule has 0 heterocycles. The second-order valence-electron chi connectivity index (χ2n) is 3.59. The maximum Gasteiger partial charge on any atom is 0.138 e. The third-order valence-corrected chi connectivity index (χ3v) is 2.40. The molecule has 0 unspecified atom stereocenters. The van der Waals surface area contributed by atoms with E-state index in [1.807, 2.05) is 18.2 Å². The number of aliphatic hydroxyl groups is 1. The molecule has 0 saturated heterocycles. The van der Waals surface area contributed by atoms with Crippen LogP contribution < -0.4 is 4.74 Å². The van der Waals surface area contributed by atoms with Crippen molar-refractivity contribution in [2.24, 2.45) is 5.92 Å². The maximum absolute atomic E-state index is 9.11. The van der Waals surface area contributed by atoms with E-state index < -0.39 is 0 Å². The molecular weight excluding hydrogens is 244 g/mol. The van der Waals surface area contributed by atoms with Gasteiger partial charge in [0.05, 0.1) is 17.7 Å². The van der Waals surface area contributed by atoms with E-state index in [9.17, 15) is 0 Å². The maximum atomic E-state index is 9.11. The van der Waals surface area contributed by atoms with E-state index in [-0.39, 0.29) is 6.61 Å². The highest BCUT2D eigenvalue weighted by molar-refractivity contribution is 9.10. The highest BCUT2D eigenvalue weighted by Gasteiger charge is 2.07. The Hall–Kier alpha value is -0.540. The summed E-state index contributed by atoms with van der Waals surface area (Å²) in [5.74, 6) is 1.23. The Balaban J connectivity index is 2.82. The molecule has 0 aromatic heterocycles. The van der Waals surface area contributed by atoms with Crippen molar-refractivity contribution >= 4 is 15.9 Å². The molecule has 1 rings (SSSR count). The molecule has 1 N–H and O–H groups in total. The molecule has 14 heavy (non-hydrogen) atoms. The zero-order valence-corrected chi connectivity index (χ0v) is 10.0. The lowest BCUT2D eigenvalue weighted by Gasteiger charge is -2.13. The molecule has 0 saturated carbocycles. The molecule has 0 atom stereocenters. The van der Waals surface area contributed by atoms with Crippen LogP contribution in [0.25, 0.3) is 0 Å². The molecule has 3 heteroatoms. The number of para-hydroxylation sites is 1. The Bertz CT molecular complexity index is 297. The van der Waals surface area contributed by atoms with Gasteiger partial charge in [-0.3, -0.25) is 0 Å². The standard InChI is InChI=1S/C11H15BrO2/c1-8(2)7-14-11-9(6-13)4-3-5-10(11)12/h3-5,8,13H,6-7H2,1-2H3. The third-order valence-electron chi connectivity index (χ3n) is 1.78. The number of ether oxygens (including phenoxy) is 1. The molecule has 1 aromatic carbocycles. The lowest BCUT2D eigenvalue weighted by Crippen LogP contribution is -2.06. The van der Waals surface area contributed by atoms with E-state index in [1.165, 1.54) is 0 Å². The summed E-state index contributed by atoms with van der Waals surface area (Å²) < 4.78 is 6.51. The quantitative estimate of drug-likeness (QED) is 0.900. The molecule has 0 fully saturated rings. The summed E-state index contributed by atoms with van der Waals surface area (Å²) in [5, 5.41) is 9.11. The van der Waals surface area contributed by atoms with Gasteiger partial charge in [-0.05, 0) is 27.9 Å². The minimum absolute atomic E-state index is 0.00681. The Morgan fingerprint density at radius 3 is 2.71 bits per heavy atom. The fraction of sp³-hybridized carbons (Fsp3) is 0.455. The first-order valence-corrected chi connectivity index (χ1v) is 5.45. The second-order valence-corrected chi connectivity index (χ2v) is 4.45. The highest BCUT2D eigenvalue weighted by atomic mass is 79.9. The van der Waals surface area contributed by atoms with Crippen molar-refractivity contribution in [2.45, 2.75) is 20.5 Å². The number of rotatable bonds is 4. The largest absolute Gasteiger partial charge is 0.492 e. The van der Waals surface area contributed by atoms with Crippen LogP contribution in [-0.2, 0) is 6.61 Å². The van der Waals surface area contributed by atoms with Gasteiger partial charge in [0, 0.05) is 5.56 Å². The van der Waals surface area contributed by atoms with Gasteiger partial charge in [0.2, 0.25) is 0 Å². The summed E-state index contributed by atoms with van der Waals surface area (Å²) in [6.07, 6.45) is 0. The monoisotopic (exact) mass is 258 g/mol. The molecule has 2 nitrogen and oxygen atoms in total. The van der Waals surface area contributed by atoms with E-state index >= 15 is 0 Å². The van der Waals surface area contributed by atoms with E-state index in [0.29, 0.717) is 12.5 Å². The zero-order chi connectivity index (χ0) is 10.6. The first kappa shape index (κ1) is 11.5. The Morgan fingerprint density at radius 1 is 1.43 bits per heavy atom. The number of aliphatic hydroxyl groups excluding tert-OH is 1. The lowest BCUT2D eigenvalue weighted by molar-refractivity contribution is 0.244.